The van der Waals surface area contributed by atoms with Gasteiger partial charge in [0, 0.05) is 24.4 Å². The third kappa shape index (κ3) is 3.89. The Morgan fingerprint density at radius 1 is 1.00 bits per heavy atom. The van der Waals surface area contributed by atoms with Crippen LogP contribution in [0.15, 0.2) is 65.5 Å². The van der Waals surface area contributed by atoms with Crippen molar-refractivity contribution in [1.82, 2.24) is 9.78 Å². The molecule has 0 saturated heterocycles. The maximum absolute atomic E-state index is 13.5. The van der Waals surface area contributed by atoms with Crippen molar-refractivity contribution in [3.05, 3.63) is 76.8 Å². The van der Waals surface area contributed by atoms with E-state index in [-0.39, 0.29) is 11.2 Å². The molecule has 0 fully saturated rings. The van der Waals surface area contributed by atoms with Crippen LogP contribution < -0.4 is 16.2 Å². The minimum atomic E-state index is -0.543. The molecule has 0 saturated carbocycles. The van der Waals surface area contributed by atoms with E-state index in [2.05, 4.69) is 15.7 Å². The van der Waals surface area contributed by atoms with Gasteiger partial charge >= 0.3 is 6.03 Å². The van der Waals surface area contributed by atoms with Gasteiger partial charge in [-0.05, 0) is 30.3 Å². The van der Waals surface area contributed by atoms with Crippen LogP contribution in [0.3, 0.4) is 0 Å². The minimum Gasteiger partial charge on any atom is -0.308 e. The number of aromatic nitrogens is 2. The molecule has 25 heavy (non-hydrogen) atoms. The molecular formula is C18H15FN4O2. The molecule has 0 aliphatic heterocycles. The second kappa shape index (κ2) is 6.96. The van der Waals surface area contributed by atoms with Gasteiger partial charge < -0.3 is 10.6 Å². The Morgan fingerprint density at radius 2 is 1.72 bits per heavy atom. The Balaban J connectivity index is 1.70. The van der Waals surface area contributed by atoms with Crippen LogP contribution in [-0.2, 0) is 7.05 Å². The molecule has 2 aromatic carbocycles. The number of carbonyl (C=O) groups is 1. The van der Waals surface area contributed by atoms with Crippen molar-refractivity contribution in [3.63, 3.8) is 0 Å². The van der Waals surface area contributed by atoms with Gasteiger partial charge in [0.1, 0.15) is 5.82 Å². The first kappa shape index (κ1) is 16.4. The summed E-state index contributed by atoms with van der Waals surface area (Å²) in [5.74, 6) is -0.506. The molecule has 0 spiro atoms. The van der Waals surface area contributed by atoms with Gasteiger partial charge in [0.25, 0.3) is 5.56 Å². The summed E-state index contributed by atoms with van der Waals surface area (Å²) in [6.45, 7) is 0. The van der Waals surface area contributed by atoms with Crippen LogP contribution in [-0.4, -0.2) is 15.8 Å². The molecule has 1 aromatic heterocycles. The Hall–Kier alpha value is -3.48. The number of amides is 2. The highest BCUT2D eigenvalue weighted by molar-refractivity contribution is 5.99. The molecule has 7 heteroatoms. The highest BCUT2D eigenvalue weighted by Gasteiger charge is 2.07. The zero-order valence-corrected chi connectivity index (χ0v) is 13.4. The van der Waals surface area contributed by atoms with Crippen LogP contribution >= 0.6 is 0 Å². The van der Waals surface area contributed by atoms with E-state index < -0.39 is 11.8 Å². The molecule has 3 rings (SSSR count). The van der Waals surface area contributed by atoms with E-state index in [1.165, 1.54) is 22.9 Å². The van der Waals surface area contributed by atoms with Crippen LogP contribution in [0.4, 0.5) is 20.6 Å². The number of urea groups is 1. The van der Waals surface area contributed by atoms with Crippen LogP contribution in [0.2, 0.25) is 0 Å². The summed E-state index contributed by atoms with van der Waals surface area (Å²) in [6, 6.07) is 15.4. The molecule has 2 N–H and O–H groups in total. The smallest absolute Gasteiger partial charge is 0.308 e. The molecule has 3 aromatic rings. The third-order valence-electron chi connectivity index (χ3n) is 3.52. The first-order valence-corrected chi connectivity index (χ1v) is 7.50. The van der Waals surface area contributed by atoms with Crippen molar-refractivity contribution in [2.45, 2.75) is 0 Å². The molecule has 0 bridgehead atoms. The Morgan fingerprint density at radius 3 is 2.40 bits per heavy atom. The number of benzene rings is 2. The molecule has 0 atom stereocenters. The van der Waals surface area contributed by atoms with E-state index in [1.54, 1.807) is 49.5 Å². The second-order valence-corrected chi connectivity index (χ2v) is 5.32. The fraction of sp³-hybridized carbons (Fsp3) is 0.0556. The van der Waals surface area contributed by atoms with Gasteiger partial charge in [-0.25, -0.2) is 13.9 Å². The first-order valence-electron chi connectivity index (χ1n) is 7.50. The van der Waals surface area contributed by atoms with Crippen molar-refractivity contribution in [3.8, 4) is 11.3 Å². The molecule has 126 valence electrons. The van der Waals surface area contributed by atoms with Gasteiger partial charge in [-0.1, -0.05) is 24.3 Å². The van der Waals surface area contributed by atoms with E-state index in [4.69, 9.17) is 0 Å². The van der Waals surface area contributed by atoms with E-state index >= 15 is 0 Å². The average molecular weight is 338 g/mol. The summed E-state index contributed by atoms with van der Waals surface area (Å²) in [5, 5.41) is 9.23. The minimum absolute atomic E-state index is 0.103. The monoisotopic (exact) mass is 338 g/mol. The van der Waals surface area contributed by atoms with Gasteiger partial charge in [0.05, 0.1) is 11.4 Å². The normalized spacial score (nSPS) is 10.3. The lowest BCUT2D eigenvalue weighted by Crippen LogP contribution is -2.20. The topological polar surface area (TPSA) is 76.0 Å². The number of nitrogens with zero attached hydrogens (tertiary/aromatic N) is 2. The van der Waals surface area contributed by atoms with Gasteiger partial charge in [-0.3, -0.25) is 4.79 Å². The van der Waals surface area contributed by atoms with Crippen molar-refractivity contribution in [2.75, 3.05) is 10.6 Å². The number of hydrogen-bond acceptors (Lipinski definition) is 3. The van der Waals surface area contributed by atoms with Gasteiger partial charge in [0.15, 0.2) is 0 Å². The Kier molecular flexibility index (Phi) is 4.56. The maximum atomic E-state index is 13.5. The third-order valence-corrected chi connectivity index (χ3v) is 3.52. The highest BCUT2D eigenvalue weighted by Crippen LogP contribution is 2.19. The van der Waals surface area contributed by atoms with Crippen LogP contribution in [0, 0.1) is 5.82 Å². The predicted octanol–water partition coefficient (Wildman–Crippen LogP) is 3.23. The first-order chi connectivity index (χ1) is 12.0. The number of hydrogen-bond donors (Lipinski definition) is 2. The summed E-state index contributed by atoms with van der Waals surface area (Å²) in [4.78, 5) is 23.3. The van der Waals surface area contributed by atoms with E-state index in [0.717, 1.165) is 5.56 Å². The zero-order valence-electron chi connectivity index (χ0n) is 13.4. The zero-order chi connectivity index (χ0) is 17.8. The summed E-state index contributed by atoms with van der Waals surface area (Å²) in [7, 11) is 1.58. The lowest BCUT2D eigenvalue weighted by atomic mass is 10.1. The largest absolute Gasteiger partial charge is 0.323 e. The lowest BCUT2D eigenvalue weighted by Gasteiger charge is -2.09. The lowest BCUT2D eigenvalue weighted by molar-refractivity contribution is 0.262. The number of halogens is 1. The molecule has 6 nitrogen and oxygen atoms in total. The molecule has 0 unspecified atom stereocenters. The van der Waals surface area contributed by atoms with Gasteiger partial charge in [-0.2, -0.15) is 5.10 Å². The van der Waals surface area contributed by atoms with Crippen LogP contribution in [0.25, 0.3) is 11.3 Å². The van der Waals surface area contributed by atoms with Crippen molar-refractivity contribution < 1.29 is 9.18 Å². The van der Waals surface area contributed by atoms with Gasteiger partial charge in [0.2, 0.25) is 0 Å². The van der Waals surface area contributed by atoms with Crippen LogP contribution in [0.5, 0.6) is 0 Å². The number of aryl methyl sites for hydroxylation is 1. The molecule has 1 heterocycles. The number of para-hydroxylation sites is 1. The molecular weight excluding hydrogens is 323 g/mol. The molecule has 0 radical (unpaired) electrons. The van der Waals surface area contributed by atoms with Crippen molar-refractivity contribution in [2.24, 2.45) is 7.05 Å². The van der Waals surface area contributed by atoms with E-state index in [0.29, 0.717) is 11.4 Å². The molecule has 0 aliphatic carbocycles. The fourth-order valence-electron chi connectivity index (χ4n) is 2.23. The summed E-state index contributed by atoms with van der Waals surface area (Å²) in [6.07, 6.45) is 0. The van der Waals surface area contributed by atoms with Gasteiger partial charge in [-0.15, -0.1) is 0 Å². The standard InChI is InChI=1S/C18H15FN4O2/c1-23-17(24)11-10-15(22-23)12-6-8-13(9-7-12)20-18(25)21-16-5-3-2-4-14(16)19/h2-11H,1H3,(H2,20,21,25). The quantitative estimate of drug-likeness (QED) is 0.770. The molecule has 0 aliphatic rings. The number of anilines is 2. The van der Waals surface area contributed by atoms with Crippen molar-refractivity contribution in [1.29, 1.82) is 0 Å². The maximum Gasteiger partial charge on any atom is 0.323 e. The second-order valence-electron chi connectivity index (χ2n) is 5.32. The highest BCUT2D eigenvalue weighted by atomic mass is 19.1. The molecule has 2 amide bonds. The average Bonchev–Trinajstić information content (AvgIpc) is 2.60. The number of carbonyl (C=O) groups excluding carboxylic acids is 1. The Labute approximate surface area is 142 Å². The van der Waals surface area contributed by atoms with Crippen LogP contribution in [0.1, 0.15) is 0 Å². The SMILES string of the molecule is Cn1nc(-c2ccc(NC(=O)Nc3ccccc3F)cc2)ccc1=O. The summed E-state index contributed by atoms with van der Waals surface area (Å²) < 4.78 is 14.8. The summed E-state index contributed by atoms with van der Waals surface area (Å²) in [5.41, 5.74) is 1.90. The number of rotatable bonds is 3. The summed E-state index contributed by atoms with van der Waals surface area (Å²) >= 11 is 0. The predicted molar refractivity (Wildman–Crippen MR) is 94.0 cm³/mol. The fourth-order valence-corrected chi connectivity index (χ4v) is 2.23. The van der Waals surface area contributed by atoms with E-state index in [9.17, 15) is 14.0 Å². The number of nitrogens with one attached hydrogen (secondary N) is 2. The van der Waals surface area contributed by atoms with Crippen molar-refractivity contribution >= 4 is 17.4 Å². The Bertz CT molecular complexity index is 967. The van der Waals surface area contributed by atoms with E-state index in [1.807, 2.05) is 0 Å².